The van der Waals surface area contributed by atoms with Crippen LogP contribution in [0.4, 0.5) is 0 Å². The third kappa shape index (κ3) is 1.80. The fourth-order valence-electron chi connectivity index (χ4n) is 3.27. The molecule has 0 radical (unpaired) electrons. The first-order valence-electron chi connectivity index (χ1n) is 7.26. The van der Waals surface area contributed by atoms with Crippen molar-refractivity contribution < 1.29 is 14.3 Å². The molecule has 1 heterocycles. The minimum Gasteiger partial charge on any atom is -0.458 e. The number of epoxide rings is 1. The molecule has 0 amide bonds. The van der Waals surface area contributed by atoms with Crippen LogP contribution in [0.1, 0.15) is 46.1 Å². The summed E-state index contributed by atoms with van der Waals surface area (Å²) < 4.78 is 11.9. The highest BCUT2D eigenvalue weighted by molar-refractivity contribution is 5.75. The zero-order chi connectivity index (χ0) is 14.6. The number of hydrogen-bond donors (Lipinski definition) is 0. The number of esters is 1. The molecular weight excluding hydrogens is 252 g/mol. The van der Waals surface area contributed by atoms with E-state index in [1.807, 2.05) is 39.0 Å². The number of carbonyl (C=O) groups excluding carboxylic acids is 1. The summed E-state index contributed by atoms with van der Waals surface area (Å²) in [6.07, 6.45) is 1.62. The predicted octanol–water partition coefficient (Wildman–Crippen LogP) is 3.42. The van der Waals surface area contributed by atoms with Gasteiger partial charge < -0.3 is 9.47 Å². The summed E-state index contributed by atoms with van der Waals surface area (Å²) in [6, 6.07) is 10.1. The predicted molar refractivity (Wildman–Crippen MR) is 76.2 cm³/mol. The van der Waals surface area contributed by atoms with Gasteiger partial charge in [-0.2, -0.15) is 0 Å². The molecule has 108 valence electrons. The Morgan fingerprint density at radius 3 is 2.50 bits per heavy atom. The second kappa shape index (κ2) is 4.08. The van der Waals surface area contributed by atoms with E-state index < -0.39 is 11.0 Å². The molecule has 3 heteroatoms. The Kier molecular flexibility index (Phi) is 2.78. The van der Waals surface area contributed by atoms with Crippen LogP contribution >= 0.6 is 0 Å². The maximum atomic E-state index is 12.2. The van der Waals surface area contributed by atoms with Crippen LogP contribution in [-0.2, 0) is 19.9 Å². The van der Waals surface area contributed by atoms with Gasteiger partial charge in [-0.25, -0.2) is 0 Å². The van der Waals surface area contributed by atoms with Gasteiger partial charge in [0, 0.05) is 0 Å². The van der Waals surface area contributed by atoms with Crippen LogP contribution in [0.5, 0.6) is 0 Å². The second-order valence-corrected chi connectivity index (χ2v) is 7.12. The summed E-state index contributed by atoms with van der Waals surface area (Å²) in [6.45, 7) is 7.76. The van der Waals surface area contributed by atoms with E-state index in [-0.39, 0.29) is 17.7 Å². The second-order valence-electron chi connectivity index (χ2n) is 7.12. The Bertz CT molecular complexity index is 531. The molecule has 3 atom stereocenters. The molecule has 0 unspecified atom stereocenters. The Hall–Kier alpha value is -1.35. The number of ether oxygens (including phenoxy) is 2. The van der Waals surface area contributed by atoms with Crippen molar-refractivity contribution in [3.8, 4) is 0 Å². The molecule has 1 saturated heterocycles. The summed E-state index contributed by atoms with van der Waals surface area (Å²) in [5.41, 5.74) is 0.0182. The molecule has 0 aromatic heterocycles. The minimum atomic E-state index is -0.480. The molecule has 0 N–H and O–H groups in total. The van der Waals surface area contributed by atoms with Crippen molar-refractivity contribution in [1.82, 2.24) is 0 Å². The van der Waals surface area contributed by atoms with E-state index in [2.05, 4.69) is 19.1 Å². The van der Waals surface area contributed by atoms with Crippen molar-refractivity contribution in [2.75, 3.05) is 0 Å². The molecular formula is C17H22O3. The van der Waals surface area contributed by atoms with Gasteiger partial charge in [0.15, 0.2) is 5.60 Å². The summed E-state index contributed by atoms with van der Waals surface area (Å²) in [5.74, 6) is -0.155. The third-order valence-corrected chi connectivity index (χ3v) is 4.53. The lowest BCUT2D eigenvalue weighted by molar-refractivity contribution is -0.162. The lowest BCUT2D eigenvalue weighted by atomic mass is 9.88. The van der Waals surface area contributed by atoms with Gasteiger partial charge >= 0.3 is 5.97 Å². The molecule has 3 rings (SSSR count). The highest BCUT2D eigenvalue weighted by Gasteiger charge is 2.76. The molecule has 2 aliphatic rings. The normalized spacial score (nSPS) is 35.5. The molecule has 1 aliphatic carbocycles. The summed E-state index contributed by atoms with van der Waals surface area (Å²) in [5, 5.41) is 0. The van der Waals surface area contributed by atoms with Gasteiger partial charge in [-0.3, -0.25) is 4.79 Å². The zero-order valence-electron chi connectivity index (χ0n) is 12.6. The fourth-order valence-corrected chi connectivity index (χ4v) is 3.27. The number of fused-ring (bicyclic) bond motifs is 1. The van der Waals surface area contributed by atoms with Gasteiger partial charge in [-0.15, -0.1) is 0 Å². The number of benzene rings is 1. The van der Waals surface area contributed by atoms with Crippen molar-refractivity contribution >= 4 is 5.97 Å². The standard InChI is InChI=1S/C17H22O3/c1-15(2,3)14(18)19-13-10-11-16(4)17(13,20-16)12-8-6-5-7-9-12/h5-9,13H,10-11H2,1-4H3/t13-,16+,17-/m0/s1. The fraction of sp³-hybridized carbons (Fsp3) is 0.588. The van der Waals surface area contributed by atoms with Crippen LogP contribution in [-0.4, -0.2) is 17.7 Å². The van der Waals surface area contributed by atoms with Crippen molar-refractivity contribution in [2.45, 2.75) is 57.8 Å². The SMILES string of the molecule is CC(C)(C)C(=O)O[C@H]1CC[C@@]2(C)O[C@@]12c1ccccc1. The van der Waals surface area contributed by atoms with E-state index in [9.17, 15) is 4.79 Å². The first-order valence-corrected chi connectivity index (χ1v) is 7.26. The maximum Gasteiger partial charge on any atom is 0.311 e. The van der Waals surface area contributed by atoms with E-state index >= 15 is 0 Å². The van der Waals surface area contributed by atoms with Gasteiger partial charge in [-0.05, 0) is 46.1 Å². The topological polar surface area (TPSA) is 38.8 Å². The summed E-state index contributed by atoms with van der Waals surface area (Å²) in [7, 11) is 0. The van der Waals surface area contributed by atoms with E-state index in [4.69, 9.17) is 9.47 Å². The molecule has 20 heavy (non-hydrogen) atoms. The summed E-state index contributed by atoms with van der Waals surface area (Å²) >= 11 is 0. The molecule has 0 spiro atoms. The first kappa shape index (κ1) is 13.6. The van der Waals surface area contributed by atoms with Gasteiger partial charge in [-0.1, -0.05) is 30.3 Å². The average molecular weight is 274 g/mol. The Morgan fingerprint density at radius 2 is 1.95 bits per heavy atom. The maximum absolute atomic E-state index is 12.2. The van der Waals surface area contributed by atoms with Crippen LogP contribution < -0.4 is 0 Å². The van der Waals surface area contributed by atoms with Crippen molar-refractivity contribution in [1.29, 1.82) is 0 Å². The molecule has 1 aromatic carbocycles. The number of rotatable bonds is 2. The van der Waals surface area contributed by atoms with E-state index in [0.29, 0.717) is 0 Å². The minimum absolute atomic E-state index is 0.155. The van der Waals surface area contributed by atoms with Gasteiger partial charge in [0.25, 0.3) is 0 Å². The van der Waals surface area contributed by atoms with Crippen molar-refractivity contribution in [2.24, 2.45) is 5.41 Å². The number of hydrogen-bond acceptors (Lipinski definition) is 3. The lowest BCUT2D eigenvalue weighted by Gasteiger charge is -2.25. The van der Waals surface area contributed by atoms with Crippen LogP contribution in [0.25, 0.3) is 0 Å². The molecule has 2 fully saturated rings. The van der Waals surface area contributed by atoms with Gasteiger partial charge in [0.2, 0.25) is 0 Å². The molecule has 1 saturated carbocycles. The van der Waals surface area contributed by atoms with Crippen LogP contribution in [0.15, 0.2) is 30.3 Å². The average Bonchev–Trinajstić information content (AvgIpc) is 2.93. The van der Waals surface area contributed by atoms with Crippen LogP contribution in [0.2, 0.25) is 0 Å². The van der Waals surface area contributed by atoms with E-state index in [1.54, 1.807) is 0 Å². The third-order valence-electron chi connectivity index (χ3n) is 4.53. The lowest BCUT2D eigenvalue weighted by Crippen LogP contribution is -2.35. The Morgan fingerprint density at radius 1 is 1.30 bits per heavy atom. The largest absolute Gasteiger partial charge is 0.458 e. The van der Waals surface area contributed by atoms with Gasteiger partial charge in [0.05, 0.1) is 5.41 Å². The van der Waals surface area contributed by atoms with Crippen LogP contribution in [0.3, 0.4) is 0 Å². The summed E-state index contributed by atoms with van der Waals surface area (Å²) in [4.78, 5) is 12.2. The number of carbonyl (C=O) groups is 1. The van der Waals surface area contributed by atoms with Crippen LogP contribution in [0, 0.1) is 5.41 Å². The van der Waals surface area contributed by atoms with E-state index in [0.717, 1.165) is 18.4 Å². The van der Waals surface area contributed by atoms with Gasteiger partial charge in [0.1, 0.15) is 11.7 Å². The quantitative estimate of drug-likeness (QED) is 0.612. The molecule has 3 nitrogen and oxygen atoms in total. The first-order chi connectivity index (χ1) is 9.30. The molecule has 1 aliphatic heterocycles. The smallest absolute Gasteiger partial charge is 0.311 e. The Labute approximate surface area is 120 Å². The monoisotopic (exact) mass is 274 g/mol. The van der Waals surface area contributed by atoms with E-state index in [1.165, 1.54) is 0 Å². The highest BCUT2D eigenvalue weighted by atomic mass is 16.7. The van der Waals surface area contributed by atoms with Crippen molar-refractivity contribution in [3.05, 3.63) is 35.9 Å². The molecule has 0 bridgehead atoms. The highest BCUT2D eigenvalue weighted by Crippen LogP contribution is 2.66. The Balaban J connectivity index is 1.88. The zero-order valence-corrected chi connectivity index (χ0v) is 12.6. The van der Waals surface area contributed by atoms with Crippen molar-refractivity contribution in [3.63, 3.8) is 0 Å². The molecule has 1 aromatic rings.